The van der Waals surface area contributed by atoms with E-state index in [9.17, 15) is 26.4 Å². The molecule has 0 spiro atoms. The molecule has 0 radical (unpaired) electrons. The second-order valence-electron chi connectivity index (χ2n) is 9.31. The van der Waals surface area contributed by atoms with Gasteiger partial charge in [0.25, 0.3) is 5.91 Å². The highest BCUT2D eigenvalue weighted by Crippen LogP contribution is 2.17. The lowest BCUT2D eigenvalue weighted by Crippen LogP contribution is -2.49. The number of hydrogen-bond acceptors (Lipinski definition) is 6. The van der Waals surface area contributed by atoms with Gasteiger partial charge in [0.2, 0.25) is 10.0 Å². The number of benzene rings is 1. The van der Waals surface area contributed by atoms with Gasteiger partial charge in [-0.1, -0.05) is 24.1 Å². The number of hydrogen-bond donors (Lipinski definition) is 2. The van der Waals surface area contributed by atoms with Gasteiger partial charge in [0, 0.05) is 57.4 Å². The SMILES string of the molecule is Cc1ccc(C(=O)N(CCN2CCCCC2C)CCS(=O)(=O)N2CCNCC2)cc1.O=C(O)C(F)(F)F. The molecule has 9 nitrogen and oxygen atoms in total. The highest BCUT2D eigenvalue weighted by Gasteiger charge is 2.38. The summed E-state index contributed by atoms with van der Waals surface area (Å²) in [4.78, 5) is 26.2. The number of nitrogens with one attached hydrogen (secondary N) is 1. The number of likely N-dealkylation sites (tertiary alicyclic amines) is 1. The lowest BCUT2D eigenvalue weighted by molar-refractivity contribution is -0.192. The monoisotopic (exact) mass is 550 g/mol. The highest BCUT2D eigenvalue weighted by molar-refractivity contribution is 7.89. The Balaban J connectivity index is 0.000000604. The van der Waals surface area contributed by atoms with Crippen molar-refractivity contribution in [3.05, 3.63) is 35.4 Å². The van der Waals surface area contributed by atoms with Crippen LogP contribution in [-0.2, 0) is 14.8 Å². The van der Waals surface area contributed by atoms with Crippen molar-refractivity contribution < 1.29 is 36.3 Å². The number of carbonyl (C=O) groups is 2. The molecule has 1 unspecified atom stereocenters. The maximum atomic E-state index is 13.2. The van der Waals surface area contributed by atoms with Gasteiger partial charge in [-0.05, 0) is 45.4 Å². The van der Waals surface area contributed by atoms with Gasteiger partial charge in [-0.25, -0.2) is 13.2 Å². The molecular formula is C24H37F3N4O5S. The number of carboxylic acid groups (broad SMARTS) is 1. The zero-order chi connectivity index (χ0) is 27.6. The lowest BCUT2D eigenvalue weighted by atomic mass is 10.0. The molecule has 0 saturated carbocycles. The molecule has 0 aliphatic carbocycles. The van der Waals surface area contributed by atoms with Crippen molar-refractivity contribution in [2.45, 2.75) is 45.3 Å². The number of sulfonamides is 1. The normalized spacial score (nSPS) is 19.5. The van der Waals surface area contributed by atoms with E-state index in [1.54, 1.807) is 9.21 Å². The molecule has 1 atom stereocenters. The number of rotatable bonds is 8. The van der Waals surface area contributed by atoms with Gasteiger partial charge >= 0.3 is 12.1 Å². The summed E-state index contributed by atoms with van der Waals surface area (Å²) in [5.41, 5.74) is 1.72. The van der Waals surface area contributed by atoms with Crippen molar-refractivity contribution in [1.82, 2.24) is 19.4 Å². The molecular weight excluding hydrogens is 513 g/mol. The maximum absolute atomic E-state index is 13.2. The average Bonchev–Trinajstić information content (AvgIpc) is 2.85. The minimum atomic E-state index is -5.08. The van der Waals surface area contributed by atoms with Crippen LogP contribution in [0.1, 0.15) is 42.1 Å². The zero-order valence-corrected chi connectivity index (χ0v) is 22.2. The molecule has 2 N–H and O–H groups in total. The second kappa shape index (κ2) is 14.1. The smallest absolute Gasteiger partial charge is 0.475 e. The van der Waals surface area contributed by atoms with E-state index in [1.165, 1.54) is 19.3 Å². The molecule has 1 aromatic rings. The van der Waals surface area contributed by atoms with Crippen LogP contribution in [-0.4, -0.2) is 110 Å². The van der Waals surface area contributed by atoms with Crippen molar-refractivity contribution >= 4 is 21.9 Å². The molecule has 2 aliphatic heterocycles. The summed E-state index contributed by atoms with van der Waals surface area (Å²) in [6, 6.07) is 8.03. The van der Waals surface area contributed by atoms with Crippen LogP contribution < -0.4 is 5.32 Å². The molecule has 2 aliphatic rings. The molecule has 2 heterocycles. The summed E-state index contributed by atoms with van der Waals surface area (Å²) in [5, 5.41) is 10.3. The quantitative estimate of drug-likeness (QED) is 0.511. The van der Waals surface area contributed by atoms with E-state index in [1.807, 2.05) is 31.2 Å². The van der Waals surface area contributed by atoms with Crippen LogP contribution in [0.2, 0.25) is 0 Å². The molecule has 0 aromatic heterocycles. The Morgan fingerprint density at radius 1 is 1.08 bits per heavy atom. The van der Waals surface area contributed by atoms with Crippen molar-refractivity contribution in [3.8, 4) is 0 Å². The Bertz CT molecular complexity index is 983. The molecule has 3 rings (SSSR count). The Kier molecular flexibility index (Phi) is 11.8. The summed E-state index contributed by atoms with van der Waals surface area (Å²) < 4.78 is 58.9. The van der Waals surface area contributed by atoms with Gasteiger partial charge in [-0.15, -0.1) is 0 Å². The molecule has 37 heavy (non-hydrogen) atoms. The number of alkyl halides is 3. The van der Waals surface area contributed by atoms with Crippen LogP contribution in [0.3, 0.4) is 0 Å². The number of nitrogens with zero attached hydrogens (tertiary/aromatic N) is 3. The van der Waals surface area contributed by atoms with Gasteiger partial charge < -0.3 is 15.3 Å². The van der Waals surface area contributed by atoms with Crippen LogP contribution in [0.25, 0.3) is 0 Å². The average molecular weight is 551 g/mol. The minimum Gasteiger partial charge on any atom is -0.475 e. The number of halogens is 3. The predicted octanol–water partition coefficient (Wildman–Crippen LogP) is 2.18. The van der Waals surface area contributed by atoms with Crippen molar-refractivity contribution in [2.24, 2.45) is 0 Å². The van der Waals surface area contributed by atoms with Gasteiger partial charge in [0.15, 0.2) is 0 Å². The van der Waals surface area contributed by atoms with E-state index in [2.05, 4.69) is 17.1 Å². The first kappa shape index (κ1) is 31.0. The van der Waals surface area contributed by atoms with Crippen LogP contribution in [0.15, 0.2) is 24.3 Å². The molecule has 2 fully saturated rings. The van der Waals surface area contributed by atoms with Crippen LogP contribution in [0.4, 0.5) is 13.2 Å². The highest BCUT2D eigenvalue weighted by atomic mass is 32.2. The van der Waals surface area contributed by atoms with Crippen LogP contribution in [0.5, 0.6) is 0 Å². The summed E-state index contributed by atoms with van der Waals surface area (Å²) in [7, 11) is -3.37. The number of aryl methyl sites for hydroxylation is 1. The summed E-state index contributed by atoms with van der Waals surface area (Å²) >= 11 is 0. The van der Waals surface area contributed by atoms with Crippen LogP contribution >= 0.6 is 0 Å². The fourth-order valence-electron chi connectivity index (χ4n) is 4.21. The molecule has 13 heteroatoms. The third-order valence-electron chi connectivity index (χ3n) is 6.51. The Morgan fingerprint density at radius 3 is 2.22 bits per heavy atom. The molecule has 1 amide bonds. The van der Waals surface area contributed by atoms with Crippen LogP contribution in [0, 0.1) is 6.92 Å². The number of carbonyl (C=O) groups excluding carboxylic acids is 1. The van der Waals surface area contributed by atoms with E-state index in [4.69, 9.17) is 9.90 Å². The van der Waals surface area contributed by atoms with Crippen molar-refractivity contribution in [3.63, 3.8) is 0 Å². The van der Waals surface area contributed by atoms with E-state index >= 15 is 0 Å². The topological polar surface area (TPSA) is 110 Å². The fraction of sp³-hybridized carbons (Fsp3) is 0.667. The summed E-state index contributed by atoms with van der Waals surface area (Å²) in [6.07, 6.45) is -1.45. The van der Waals surface area contributed by atoms with Gasteiger partial charge in [-0.2, -0.15) is 17.5 Å². The third-order valence-corrected chi connectivity index (χ3v) is 8.36. The number of carboxylic acids is 1. The van der Waals surface area contributed by atoms with E-state index < -0.39 is 22.2 Å². The Morgan fingerprint density at radius 2 is 1.68 bits per heavy atom. The first-order chi connectivity index (χ1) is 17.3. The minimum absolute atomic E-state index is 0.0276. The number of aliphatic carboxylic acids is 1. The van der Waals surface area contributed by atoms with E-state index in [-0.39, 0.29) is 18.2 Å². The largest absolute Gasteiger partial charge is 0.490 e. The Hall–Kier alpha value is -2.22. The number of piperazine rings is 1. The summed E-state index contributed by atoms with van der Waals surface area (Å²) in [6.45, 7) is 9.19. The number of amides is 1. The van der Waals surface area contributed by atoms with Crippen molar-refractivity contribution in [1.29, 1.82) is 0 Å². The van der Waals surface area contributed by atoms with Gasteiger partial charge in [-0.3, -0.25) is 9.69 Å². The maximum Gasteiger partial charge on any atom is 0.490 e. The molecule has 1 aromatic carbocycles. The van der Waals surface area contributed by atoms with E-state index in [0.717, 1.165) is 18.7 Å². The molecule has 2 saturated heterocycles. The molecule has 210 valence electrons. The Labute approximate surface area is 216 Å². The lowest BCUT2D eigenvalue weighted by Gasteiger charge is -2.35. The standard InChI is InChI=1S/C22H36N4O3S.C2HF3O2/c1-19-6-8-21(9-7-19)22(27)25(16-15-24-12-4-3-5-20(24)2)17-18-30(28,29)26-13-10-23-11-14-26;3-2(4,5)1(6)7/h6-9,20,23H,3-5,10-18H2,1-2H3;(H,6,7). The predicted molar refractivity (Wildman–Crippen MR) is 134 cm³/mol. The summed E-state index contributed by atoms with van der Waals surface area (Å²) in [5.74, 6) is -2.87. The number of piperidine rings is 1. The first-order valence-corrected chi connectivity index (χ1v) is 14.0. The third kappa shape index (κ3) is 10.2. The zero-order valence-electron chi connectivity index (χ0n) is 21.3. The van der Waals surface area contributed by atoms with Gasteiger partial charge in [0.1, 0.15) is 0 Å². The molecule has 0 bridgehead atoms. The fourth-order valence-corrected chi connectivity index (χ4v) is 5.66. The first-order valence-electron chi connectivity index (χ1n) is 12.4. The van der Waals surface area contributed by atoms with E-state index in [0.29, 0.717) is 44.3 Å². The van der Waals surface area contributed by atoms with Gasteiger partial charge in [0.05, 0.1) is 5.75 Å². The van der Waals surface area contributed by atoms with Crippen molar-refractivity contribution in [2.75, 3.05) is 58.1 Å². The second-order valence-corrected chi connectivity index (χ2v) is 11.4.